The van der Waals surface area contributed by atoms with E-state index in [9.17, 15) is 0 Å². The van der Waals surface area contributed by atoms with E-state index in [4.69, 9.17) is 10.5 Å². The van der Waals surface area contributed by atoms with Gasteiger partial charge in [0, 0.05) is 25.2 Å². The van der Waals surface area contributed by atoms with Crippen molar-refractivity contribution >= 4 is 0 Å². The van der Waals surface area contributed by atoms with Crippen LogP contribution in [0.5, 0.6) is 0 Å². The topological polar surface area (TPSA) is 38.5 Å². The predicted octanol–water partition coefficient (Wildman–Crippen LogP) is 2.78. The van der Waals surface area contributed by atoms with Gasteiger partial charge in [-0.1, -0.05) is 20.3 Å². The van der Waals surface area contributed by atoms with Crippen LogP contribution in [0.15, 0.2) is 0 Å². The minimum atomic E-state index is -0.0541. The maximum Gasteiger partial charge on any atom is 0.0757 e. The van der Waals surface area contributed by atoms with Crippen LogP contribution in [0.1, 0.15) is 60.3 Å². The molecular weight excluding hydrogens is 236 g/mol. The Hall–Kier alpha value is -0.120. The molecule has 112 valence electrons. The van der Waals surface area contributed by atoms with Gasteiger partial charge in [0.1, 0.15) is 0 Å². The van der Waals surface area contributed by atoms with Crippen LogP contribution in [-0.4, -0.2) is 41.8 Å². The molecule has 2 rings (SSSR count). The van der Waals surface area contributed by atoms with Gasteiger partial charge in [-0.3, -0.25) is 4.90 Å². The van der Waals surface area contributed by atoms with Crippen molar-refractivity contribution in [1.29, 1.82) is 0 Å². The molecule has 1 saturated carbocycles. The van der Waals surface area contributed by atoms with E-state index in [2.05, 4.69) is 39.5 Å². The third-order valence-electron chi connectivity index (χ3n) is 4.92. The molecule has 1 aliphatic carbocycles. The van der Waals surface area contributed by atoms with Crippen LogP contribution in [0.25, 0.3) is 0 Å². The van der Waals surface area contributed by atoms with Crippen LogP contribution >= 0.6 is 0 Å². The molecule has 2 aliphatic rings. The maximum atomic E-state index is 6.24. The molecule has 0 spiro atoms. The molecule has 1 heterocycles. The first kappa shape index (κ1) is 15.3. The number of morpholine rings is 1. The van der Waals surface area contributed by atoms with Gasteiger partial charge in [-0.2, -0.15) is 0 Å². The zero-order valence-corrected chi connectivity index (χ0v) is 13.5. The van der Waals surface area contributed by atoms with Crippen LogP contribution in [0, 0.1) is 5.41 Å². The summed E-state index contributed by atoms with van der Waals surface area (Å²) in [5, 5.41) is 0. The van der Waals surface area contributed by atoms with E-state index in [0.29, 0.717) is 11.5 Å². The molecule has 1 aliphatic heterocycles. The van der Waals surface area contributed by atoms with Crippen LogP contribution in [0.4, 0.5) is 0 Å². The second-order valence-electron chi connectivity index (χ2n) is 8.19. The molecule has 1 saturated heterocycles. The van der Waals surface area contributed by atoms with Gasteiger partial charge < -0.3 is 10.5 Å². The van der Waals surface area contributed by atoms with E-state index in [-0.39, 0.29) is 11.1 Å². The summed E-state index contributed by atoms with van der Waals surface area (Å²) in [6.45, 7) is 14.2. The monoisotopic (exact) mass is 268 g/mol. The lowest BCUT2D eigenvalue weighted by atomic mass is 9.67. The Morgan fingerprint density at radius 1 is 1.21 bits per heavy atom. The summed E-state index contributed by atoms with van der Waals surface area (Å²) in [7, 11) is 0. The minimum Gasteiger partial charge on any atom is -0.370 e. The summed E-state index contributed by atoms with van der Waals surface area (Å²) in [5.41, 5.74) is 6.80. The van der Waals surface area contributed by atoms with Crippen LogP contribution in [-0.2, 0) is 4.74 Å². The zero-order chi connectivity index (χ0) is 14.3. The van der Waals surface area contributed by atoms with Gasteiger partial charge in [-0.05, 0) is 45.4 Å². The van der Waals surface area contributed by atoms with Gasteiger partial charge in [-0.15, -0.1) is 0 Å². The number of rotatable bonds is 2. The van der Waals surface area contributed by atoms with Crippen LogP contribution in [0.2, 0.25) is 0 Å². The zero-order valence-electron chi connectivity index (χ0n) is 13.5. The van der Waals surface area contributed by atoms with Gasteiger partial charge in [0.15, 0.2) is 0 Å². The Kier molecular flexibility index (Phi) is 4.03. The highest BCUT2D eigenvalue weighted by Gasteiger charge is 2.46. The van der Waals surface area contributed by atoms with E-state index in [1.807, 2.05) is 0 Å². The van der Waals surface area contributed by atoms with E-state index in [1.165, 1.54) is 25.7 Å². The second kappa shape index (κ2) is 5.01. The van der Waals surface area contributed by atoms with Gasteiger partial charge in [0.05, 0.1) is 11.7 Å². The average Bonchev–Trinajstić information content (AvgIpc) is 2.24. The lowest BCUT2D eigenvalue weighted by Gasteiger charge is -2.55. The Morgan fingerprint density at radius 3 is 2.42 bits per heavy atom. The molecule has 0 aromatic rings. The molecule has 0 bridgehead atoms. The Morgan fingerprint density at radius 2 is 1.89 bits per heavy atom. The number of nitrogens with zero attached hydrogens (tertiary/aromatic N) is 1. The standard InChI is InChI=1S/C16H32N2O/c1-13-9-18(12-15(4,5)19-13)16(11-17)8-6-7-14(2,3)10-16/h13H,6-12,17H2,1-5H3. The molecule has 0 aromatic carbocycles. The molecule has 2 fully saturated rings. The van der Waals surface area contributed by atoms with Crippen molar-refractivity contribution in [2.24, 2.45) is 11.1 Å². The summed E-state index contributed by atoms with van der Waals surface area (Å²) >= 11 is 0. The first-order chi connectivity index (χ1) is 8.68. The Bertz CT molecular complexity index is 327. The summed E-state index contributed by atoms with van der Waals surface area (Å²) in [4.78, 5) is 2.64. The molecule has 19 heavy (non-hydrogen) atoms. The van der Waals surface area contributed by atoms with Crippen molar-refractivity contribution in [2.45, 2.75) is 77.5 Å². The summed E-state index contributed by atoms with van der Waals surface area (Å²) in [6.07, 6.45) is 5.40. The quantitative estimate of drug-likeness (QED) is 0.837. The summed E-state index contributed by atoms with van der Waals surface area (Å²) in [5.74, 6) is 0. The van der Waals surface area contributed by atoms with E-state index < -0.39 is 0 Å². The van der Waals surface area contributed by atoms with E-state index >= 15 is 0 Å². The smallest absolute Gasteiger partial charge is 0.0757 e. The highest BCUT2D eigenvalue weighted by atomic mass is 16.5. The van der Waals surface area contributed by atoms with E-state index in [1.54, 1.807) is 0 Å². The second-order valence-corrected chi connectivity index (χ2v) is 8.19. The molecule has 3 nitrogen and oxygen atoms in total. The fraction of sp³-hybridized carbons (Fsp3) is 1.00. The molecule has 2 atom stereocenters. The SMILES string of the molecule is CC1CN(C2(CN)CCCC(C)(C)C2)CC(C)(C)O1. The summed E-state index contributed by atoms with van der Waals surface area (Å²) < 4.78 is 6.05. The first-order valence-corrected chi connectivity index (χ1v) is 7.81. The molecule has 0 amide bonds. The third-order valence-corrected chi connectivity index (χ3v) is 4.92. The predicted molar refractivity (Wildman–Crippen MR) is 80.2 cm³/mol. The molecule has 3 heteroatoms. The first-order valence-electron chi connectivity index (χ1n) is 7.81. The minimum absolute atomic E-state index is 0.0541. The van der Waals surface area contributed by atoms with Crippen molar-refractivity contribution in [3.63, 3.8) is 0 Å². The van der Waals surface area contributed by atoms with Gasteiger partial charge in [0.25, 0.3) is 0 Å². The third kappa shape index (κ3) is 3.32. The van der Waals surface area contributed by atoms with Crippen molar-refractivity contribution in [1.82, 2.24) is 4.90 Å². The van der Waals surface area contributed by atoms with Crippen LogP contribution in [0.3, 0.4) is 0 Å². The molecule has 2 unspecified atom stereocenters. The largest absolute Gasteiger partial charge is 0.370 e. The highest BCUT2D eigenvalue weighted by molar-refractivity contribution is 5.02. The molecule has 0 radical (unpaired) electrons. The maximum absolute atomic E-state index is 6.24. The molecular formula is C16H32N2O. The Balaban J connectivity index is 2.20. The fourth-order valence-electron chi connectivity index (χ4n) is 4.35. The normalized spacial score (nSPS) is 39.2. The highest BCUT2D eigenvalue weighted by Crippen LogP contribution is 2.44. The van der Waals surface area contributed by atoms with Crippen molar-refractivity contribution < 1.29 is 4.74 Å². The summed E-state index contributed by atoms with van der Waals surface area (Å²) in [6, 6.07) is 0. The van der Waals surface area contributed by atoms with Crippen molar-refractivity contribution in [3.8, 4) is 0 Å². The lowest BCUT2D eigenvalue weighted by molar-refractivity contribution is -0.162. The Labute approximate surface area is 118 Å². The molecule has 2 N–H and O–H groups in total. The van der Waals surface area contributed by atoms with E-state index in [0.717, 1.165) is 19.6 Å². The van der Waals surface area contributed by atoms with Crippen molar-refractivity contribution in [3.05, 3.63) is 0 Å². The molecule has 0 aromatic heterocycles. The van der Waals surface area contributed by atoms with Crippen LogP contribution < -0.4 is 5.73 Å². The lowest BCUT2D eigenvalue weighted by Crippen LogP contribution is -2.65. The fourth-order valence-corrected chi connectivity index (χ4v) is 4.35. The number of nitrogens with two attached hydrogens (primary N) is 1. The van der Waals surface area contributed by atoms with Gasteiger partial charge >= 0.3 is 0 Å². The number of hydrogen-bond acceptors (Lipinski definition) is 3. The van der Waals surface area contributed by atoms with Gasteiger partial charge in [0.2, 0.25) is 0 Å². The average molecular weight is 268 g/mol. The van der Waals surface area contributed by atoms with Gasteiger partial charge in [-0.25, -0.2) is 0 Å². The number of ether oxygens (including phenoxy) is 1. The number of hydrogen-bond donors (Lipinski definition) is 1. The van der Waals surface area contributed by atoms with Crippen molar-refractivity contribution in [2.75, 3.05) is 19.6 Å².